The monoisotopic (exact) mass is 268 g/mol. The molecule has 2 amide bonds. The van der Waals surface area contributed by atoms with E-state index in [-0.39, 0.29) is 12.6 Å². The van der Waals surface area contributed by atoms with Crippen molar-refractivity contribution in [1.82, 2.24) is 9.80 Å². The molecule has 0 aromatic heterocycles. The van der Waals surface area contributed by atoms with Gasteiger partial charge in [0.1, 0.15) is 6.54 Å². The topological polar surface area (TPSA) is 60.9 Å². The van der Waals surface area contributed by atoms with E-state index in [0.29, 0.717) is 12.5 Å². The van der Waals surface area contributed by atoms with Crippen molar-refractivity contribution in [2.45, 2.75) is 39.0 Å². The number of rotatable bonds is 3. The van der Waals surface area contributed by atoms with Crippen LogP contribution in [0.4, 0.5) is 4.79 Å². The number of carbonyl (C=O) groups excluding carboxylic acids is 1. The van der Waals surface area contributed by atoms with Crippen molar-refractivity contribution >= 4 is 12.0 Å². The minimum absolute atomic E-state index is 0.103. The summed E-state index contributed by atoms with van der Waals surface area (Å²) in [6.07, 6.45) is 6.21. The van der Waals surface area contributed by atoms with E-state index in [9.17, 15) is 9.59 Å². The van der Waals surface area contributed by atoms with Gasteiger partial charge in [-0.1, -0.05) is 19.3 Å². The molecule has 2 unspecified atom stereocenters. The van der Waals surface area contributed by atoms with Crippen molar-refractivity contribution in [3.8, 4) is 0 Å². The van der Waals surface area contributed by atoms with Crippen LogP contribution in [-0.2, 0) is 4.79 Å². The molecule has 1 N–H and O–H groups in total. The predicted octanol–water partition coefficient (Wildman–Crippen LogP) is 2.02. The van der Waals surface area contributed by atoms with Gasteiger partial charge < -0.3 is 14.9 Å². The van der Waals surface area contributed by atoms with E-state index >= 15 is 0 Å². The van der Waals surface area contributed by atoms with Gasteiger partial charge in [-0.15, -0.1) is 0 Å². The number of nitrogens with zero attached hydrogens (tertiary/aromatic N) is 2. The molecule has 0 bridgehead atoms. The number of aliphatic carboxylic acids is 1. The molecule has 0 aromatic rings. The molecule has 2 atom stereocenters. The fourth-order valence-corrected chi connectivity index (χ4v) is 3.45. The summed E-state index contributed by atoms with van der Waals surface area (Å²) in [6.45, 7) is 3.69. The summed E-state index contributed by atoms with van der Waals surface area (Å²) in [6, 6.07) is -0.103. The molecule has 2 fully saturated rings. The number of fused-ring (bicyclic) bond motifs is 1. The zero-order valence-corrected chi connectivity index (χ0v) is 11.7. The van der Waals surface area contributed by atoms with Crippen molar-refractivity contribution in [2.24, 2.45) is 11.8 Å². The Morgan fingerprint density at radius 3 is 2.53 bits per heavy atom. The molecular weight excluding hydrogens is 244 g/mol. The zero-order valence-electron chi connectivity index (χ0n) is 11.7. The molecule has 0 radical (unpaired) electrons. The highest BCUT2D eigenvalue weighted by Crippen LogP contribution is 2.36. The molecular formula is C14H24N2O3. The first-order chi connectivity index (χ1) is 9.11. The molecule has 5 nitrogen and oxygen atoms in total. The van der Waals surface area contributed by atoms with E-state index in [0.717, 1.165) is 25.4 Å². The van der Waals surface area contributed by atoms with Crippen LogP contribution in [0.15, 0.2) is 0 Å². The number of piperidine rings is 1. The van der Waals surface area contributed by atoms with Crippen LogP contribution in [0, 0.1) is 11.8 Å². The van der Waals surface area contributed by atoms with E-state index < -0.39 is 5.97 Å². The van der Waals surface area contributed by atoms with Crippen molar-refractivity contribution in [3.05, 3.63) is 0 Å². The smallest absolute Gasteiger partial charge is 0.323 e. The highest BCUT2D eigenvalue weighted by Gasteiger charge is 2.34. The summed E-state index contributed by atoms with van der Waals surface area (Å²) in [7, 11) is 0. The maximum atomic E-state index is 12.3. The molecule has 1 aliphatic carbocycles. The maximum Gasteiger partial charge on any atom is 0.323 e. The lowest BCUT2D eigenvalue weighted by Crippen LogP contribution is -2.51. The average molecular weight is 268 g/mol. The van der Waals surface area contributed by atoms with E-state index in [1.807, 2.05) is 11.8 Å². The second kappa shape index (κ2) is 6.26. The average Bonchev–Trinajstić information content (AvgIpc) is 2.43. The van der Waals surface area contributed by atoms with Crippen molar-refractivity contribution in [1.29, 1.82) is 0 Å². The highest BCUT2D eigenvalue weighted by atomic mass is 16.4. The number of carboxylic acid groups (broad SMARTS) is 1. The number of amides is 2. The summed E-state index contributed by atoms with van der Waals surface area (Å²) < 4.78 is 0. The Morgan fingerprint density at radius 2 is 1.89 bits per heavy atom. The quantitative estimate of drug-likeness (QED) is 0.852. The normalized spacial score (nSPS) is 26.7. The van der Waals surface area contributed by atoms with E-state index in [1.165, 1.54) is 30.6 Å². The molecule has 1 aliphatic heterocycles. The van der Waals surface area contributed by atoms with Crippen LogP contribution in [0.3, 0.4) is 0 Å². The Labute approximate surface area is 114 Å². The summed E-state index contributed by atoms with van der Waals surface area (Å²) in [5.41, 5.74) is 0. The third kappa shape index (κ3) is 3.39. The number of carbonyl (C=O) groups is 2. The molecule has 1 heterocycles. The first-order valence-electron chi connectivity index (χ1n) is 7.37. The molecule has 0 spiro atoms. The van der Waals surface area contributed by atoms with E-state index in [1.54, 1.807) is 0 Å². The van der Waals surface area contributed by atoms with Crippen molar-refractivity contribution < 1.29 is 14.7 Å². The van der Waals surface area contributed by atoms with Gasteiger partial charge in [-0.25, -0.2) is 4.79 Å². The fraction of sp³-hybridized carbons (Fsp3) is 0.857. The fourth-order valence-electron chi connectivity index (χ4n) is 3.45. The van der Waals surface area contributed by atoms with Gasteiger partial charge in [0.2, 0.25) is 0 Å². The van der Waals surface area contributed by atoms with Crippen LogP contribution in [-0.4, -0.2) is 53.1 Å². The van der Waals surface area contributed by atoms with E-state index in [4.69, 9.17) is 5.11 Å². The summed E-state index contributed by atoms with van der Waals surface area (Å²) in [5.74, 6) is 0.477. The summed E-state index contributed by atoms with van der Waals surface area (Å²) in [5, 5.41) is 8.84. The Bertz CT molecular complexity index is 346. The van der Waals surface area contributed by atoms with Gasteiger partial charge in [0.25, 0.3) is 0 Å². The van der Waals surface area contributed by atoms with Crippen LogP contribution in [0.25, 0.3) is 0 Å². The lowest BCUT2D eigenvalue weighted by molar-refractivity contribution is -0.137. The van der Waals surface area contributed by atoms with Gasteiger partial charge in [0, 0.05) is 19.6 Å². The van der Waals surface area contributed by atoms with Crippen molar-refractivity contribution in [3.63, 3.8) is 0 Å². The minimum Gasteiger partial charge on any atom is -0.480 e. The Morgan fingerprint density at radius 1 is 1.21 bits per heavy atom. The summed E-state index contributed by atoms with van der Waals surface area (Å²) >= 11 is 0. The molecule has 108 valence electrons. The molecule has 1 saturated heterocycles. The Hall–Kier alpha value is -1.26. The van der Waals surface area contributed by atoms with Crippen LogP contribution in [0.2, 0.25) is 0 Å². The van der Waals surface area contributed by atoms with Crippen molar-refractivity contribution in [2.75, 3.05) is 26.2 Å². The maximum absolute atomic E-state index is 12.3. The largest absolute Gasteiger partial charge is 0.480 e. The second-order valence-corrected chi connectivity index (χ2v) is 5.73. The minimum atomic E-state index is -0.942. The van der Waals surface area contributed by atoms with E-state index in [2.05, 4.69) is 0 Å². The lowest BCUT2D eigenvalue weighted by Gasteiger charge is -2.42. The lowest BCUT2D eigenvalue weighted by atomic mass is 9.75. The van der Waals surface area contributed by atoms with Gasteiger partial charge in [-0.05, 0) is 31.6 Å². The zero-order chi connectivity index (χ0) is 13.8. The number of hydrogen-bond acceptors (Lipinski definition) is 2. The molecule has 2 rings (SSSR count). The predicted molar refractivity (Wildman–Crippen MR) is 71.9 cm³/mol. The highest BCUT2D eigenvalue weighted by molar-refractivity contribution is 5.80. The van der Waals surface area contributed by atoms with Gasteiger partial charge in [-0.3, -0.25) is 4.79 Å². The molecule has 2 aliphatic rings. The number of likely N-dealkylation sites (tertiary alicyclic amines) is 1. The Kier molecular flexibility index (Phi) is 4.66. The molecule has 0 aromatic carbocycles. The van der Waals surface area contributed by atoms with Gasteiger partial charge in [-0.2, -0.15) is 0 Å². The van der Waals surface area contributed by atoms with Crippen LogP contribution >= 0.6 is 0 Å². The van der Waals surface area contributed by atoms with Crippen LogP contribution in [0.1, 0.15) is 39.0 Å². The Balaban J connectivity index is 1.93. The van der Waals surface area contributed by atoms with Gasteiger partial charge in [0.05, 0.1) is 0 Å². The second-order valence-electron chi connectivity index (χ2n) is 5.73. The third-order valence-corrected chi connectivity index (χ3v) is 4.54. The standard InChI is InChI=1S/C14H24N2O3/c1-2-15(10-13(17)18)14(19)16-8-7-11-5-3-4-6-12(11)9-16/h11-12H,2-10H2,1H3,(H,17,18). The molecule has 5 heteroatoms. The number of carboxylic acids is 1. The van der Waals surface area contributed by atoms with Crippen LogP contribution in [0.5, 0.6) is 0 Å². The summed E-state index contributed by atoms with van der Waals surface area (Å²) in [4.78, 5) is 26.4. The van der Waals surface area contributed by atoms with Gasteiger partial charge in [0.15, 0.2) is 0 Å². The molecule has 19 heavy (non-hydrogen) atoms. The third-order valence-electron chi connectivity index (χ3n) is 4.54. The van der Waals surface area contributed by atoms with Crippen LogP contribution < -0.4 is 0 Å². The molecule has 1 saturated carbocycles. The first-order valence-corrected chi connectivity index (χ1v) is 7.37. The SMILES string of the molecule is CCN(CC(=O)O)C(=O)N1CCC2CCCCC2C1. The number of likely N-dealkylation sites (N-methyl/N-ethyl adjacent to an activating group) is 1. The number of urea groups is 1. The first kappa shape index (κ1) is 14.2. The number of hydrogen-bond donors (Lipinski definition) is 1. The van der Waals surface area contributed by atoms with Gasteiger partial charge >= 0.3 is 12.0 Å².